The van der Waals surface area contributed by atoms with Crippen LogP contribution in [0.15, 0.2) is 0 Å². The first-order chi connectivity index (χ1) is 7.78. The van der Waals surface area contributed by atoms with Gasteiger partial charge in [0.1, 0.15) is 0 Å². The molecule has 0 atom stereocenters. The molecule has 0 aromatic carbocycles. The first-order valence-electron chi connectivity index (χ1n) is 5.71. The van der Waals surface area contributed by atoms with Gasteiger partial charge in [-0.25, -0.2) is 0 Å². The van der Waals surface area contributed by atoms with E-state index < -0.39 is 0 Å². The molecule has 98 valence electrons. The molecular weight excluding hydrogens is 212 g/mol. The third-order valence-electron chi connectivity index (χ3n) is 2.16. The van der Waals surface area contributed by atoms with Crippen LogP contribution in [0, 0.1) is 0 Å². The van der Waals surface area contributed by atoms with Gasteiger partial charge in [-0.1, -0.05) is 0 Å². The van der Waals surface area contributed by atoms with Gasteiger partial charge in [-0.3, -0.25) is 9.74 Å². The van der Waals surface area contributed by atoms with E-state index in [4.69, 9.17) is 20.2 Å². The number of hydrogen-bond donors (Lipinski definition) is 3. The highest BCUT2D eigenvalue weighted by Crippen LogP contribution is 1.93. The first kappa shape index (κ1) is 15.8. The van der Waals surface area contributed by atoms with Crippen molar-refractivity contribution in [3.8, 4) is 0 Å². The summed E-state index contributed by atoms with van der Waals surface area (Å²) >= 11 is 0. The molecule has 0 bridgehead atoms. The van der Waals surface area contributed by atoms with E-state index in [0.717, 1.165) is 0 Å². The predicted molar refractivity (Wildman–Crippen MR) is 60.9 cm³/mol. The van der Waals surface area contributed by atoms with E-state index in [2.05, 4.69) is 0 Å². The Morgan fingerprint density at radius 3 is 1.81 bits per heavy atom. The summed E-state index contributed by atoms with van der Waals surface area (Å²) in [4.78, 5) is 7.26. The molecule has 0 spiro atoms. The highest BCUT2D eigenvalue weighted by Gasteiger charge is 2.08. The van der Waals surface area contributed by atoms with Crippen molar-refractivity contribution in [3.05, 3.63) is 0 Å². The van der Waals surface area contributed by atoms with Gasteiger partial charge in [-0.15, -0.1) is 0 Å². The summed E-state index contributed by atoms with van der Waals surface area (Å²) in [6, 6.07) is 0. The zero-order valence-electron chi connectivity index (χ0n) is 10.0. The van der Waals surface area contributed by atoms with Gasteiger partial charge in [0.2, 0.25) is 0 Å². The molecule has 0 aliphatic rings. The SMILES string of the molecule is CCON(CCO)CCN(CCO)CCO. The molecular formula is C10H24N2O4. The van der Waals surface area contributed by atoms with Crippen LogP contribution in [-0.4, -0.2) is 84.4 Å². The number of rotatable bonds is 11. The molecule has 6 nitrogen and oxygen atoms in total. The van der Waals surface area contributed by atoms with Crippen molar-refractivity contribution < 1.29 is 20.2 Å². The van der Waals surface area contributed by atoms with Crippen LogP contribution in [0.4, 0.5) is 0 Å². The Kier molecular flexibility index (Phi) is 11.1. The molecule has 0 radical (unpaired) electrons. The predicted octanol–water partition coefficient (Wildman–Crippen LogP) is -1.48. The maximum atomic E-state index is 8.83. The molecule has 0 amide bonds. The number of hydroxylamine groups is 2. The van der Waals surface area contributed by atoms with Crippen molar-refractivity contribution in [3.63, 3.8) is 0 Å². The van der Waals surface area contributed by atoms with Gasteiger partial charge in [0.15, 0.2) is 0 Å². The largest absolute Gasteiger partial charge is 0.395 e. The Labute approximate surface area is 97.0 Å². The van der Waals surface area contributed by atoms with E-state index in [1.807, 2.05) is 11.8 Å². The minimum atomic E-state index is 0.0556. The molecule has 3 N–H and O–H groups in total. The molecule has 0 aromatic rings. The average Bonchev–Trinajstić information content (AvgIpc) is 2.27. The Balaban J connectivity index is 3.83. The zero-order chi connectivity index (χ0) is 12.2. The lowest BCUT2D eigenvalue weighted by atomic mass is 10.4. The normalized spacial score (nSPS) is 11.6. The van der Waals surface area contributed by atoms with Crippen LogP contribution in [-0.2, 0) is 4.84 Å². The monoisotopic (exact) mass is 236 g/mol. The van der Waals surface area contributed by atoms with Gasteiger partial charge >= 0.3 is 0 Å². The maximum Gasteiger partial charge on any atom is 0.0656 e. The van der Waals surface area contributed by atoms with E-state index in [1.54, 1.807) is 5.06 Å². The van der Waals surface area contributed by atoms with E-state index in [9.17, 15) is 0 Å². The molecule has 0 aromatic heterocycles. The fourth-order valence-electron chi connectivity index (χ4n) is 1.41. The molecule has 0 heterocycles. The summed E-state index contributed by atoms with van der Waals surface area (Å²) in [7, 11) is 0. The Bertz CT molecular complexity index is 121. The molecule has 0 unspecified atom stereocenters. The summed E-state index contributed by atoms with van der Waals surface area (Å²) in [5, 5.41) is 28.2. The molecule has 0 aliphatic heterocycles. The smallest absolute Gasteiger partial charge is 0.0656 e. The highest BCUT2D eigenvalue weighted by atomic mass is 16.7. The minimum absolute atomic E-state index is 0.0556. The lowest BCUT2D eigenvalue weighted by Gasteiger charge is -2.25. The van der Waals surface area contributed by atoms with Crippen molar-refractivity contribution in [2.24, 2.45) is 0 Å². The topological polar surface area (TPSA) is 76.4 Å². The number of aliphatic hydroxyl groups is 3. The van der Waals surface area contributed by atoms with Crippen LogP contribution < -0.4 is 0 Å². The number of aliphatic hydroxyl groups excluding tert-OH is 3. The second kappa shape index (κ2) is 11.3. The first-order valence-corrected chi connectivity index (χ1v) is 5.71. The summed E-state index contributed by atoms with van der Waals surface area (Å²) in [6.45, 7) is 5.57. The van der Waals surface area contributed by atoms with Gasteiger partial charge in [0, 0.05) is 32.7 Å². The van der Waals surface area contributed by atoms with Crippen molar-refractivity contribution in [2.75, 3.05) is 59.2 Å². The van der Waals surface area contributed by atoms with E-state index in [0.29, 0.717) is 39.3 Å². The Morgan fingerprint density at radius 1 is 0.812 bits per heavy atom. The molecule has 0 aliphatic carbocycles. The van der Waals surface area contributed by atoms with Crippen LogP contribution in [0.5, 0.6) is 0 Å². The van der Waals surface area contributed by atoms with Gasteiger partial charge in [-0.2, -0.15) is 5.06 Å². The zero-order valence-corrected chi connectivity index (χ0v) is 10.0. The van der Waals surface area contributed by atoms with Gasteiger partial charge in [0.25, 0.3) is 0 Å². The molecule has 0 saturated carbocycles. The van der Waals surface area contributed by atoms with Crippen molar-refractivity contribution in [1.29, 1.82) is 0 Å². The van der Waals surface area contributed by atoms with E-state index in [1.165, 1.54) is 0 Å². The number of nitrogens with zero attached hydrogens (tertiary/aromatic N) is 2. The van der Waals surface area contributed by atoms with Gasteiger partial charge in [-0.05, 0) is 6.92 Å². The molecule has 0 fully saturated rings. The fraction of sp³-hybridized carbons (Fsp3) is 1.00. The van der Waals surface area contributed by atoms with Gasteiger partial charge < -0.3 is 15.3 Å². The molecule has 0 rings (SSSR count). The van der Waals surface area contributed by atoms with Crippen LogP contribution in [0.2, 0.25) is 0 Å². The minimum Gasteiger partial charge on any atom is -0.395 e. The van der Waals surface area contributed by atoms with E-state index >= 15 is 0 Å². The lowest BCUT2D eigenvalue weighted by molar-refractivity contribution is -0.161. The van der Waals surface area contributed by atoms with Crippen molar-refractivity contribution in [2.45, 2.75) is 6.92 Å². The molecule has 0 saturated heterocycles. The second-order valence-corrected chi connectivity index (χ2v) is 3.36. The van der Waals surface area contributed by atoms with Gasteiger partial charge in [0.05, 0.1) is 26.4 Å². The maximum absolute atomic E-state index is 8.83. The second-order valence-electron chi connectivity index (χ2n) is 3.36. The summed E-state index contributed by atoms with van der Waals surface area (Å²) in [5.74, 6) is 0. The standard InChI is InChI=1S/C10H24N2O4/c1-2-16-12(7-10-15)4-3-11(5-8-13)6-9-14/h13-15H,2-10H2,1H3. The number of hydrogen-bond acceptors (Lipinski definition) is 6. The Morgan fingerprint density at radius 2 is 1.38 bits per heavy atom. The van der Waals surface area contributed by atoms with Crippen LogP contribution in [0.3, 0.4) is 0 Å². The van der Waals surface area contributed by atoms with Crippen molar-refractivity contribution >= 4 is 0 Å². The van der Waals surface area contributed by atoms with Crippen LogP contribution >= 0.6 is 0 Å². The molecule has 6 heteroatoms. The quantitative estimate of drug-likeness (QED) is 0.380. The average molecular weight is 236 g/mol. The summed E-state index contributed by atoms with van der Waals surface area (Å²) in [5.41, 5.74) is 0. The summed E-state index contributed by atoms with van der Waals surface area (Å²) in [6.07, 6.45) is 0. The Hall–Kier alpha value is -0.240. The third-order valence-corrected chi connectivity index (χ3v) is 2.16. The van der Waals surface area contributed by atoms with Crippen LogP contribution in [0.25, 0.3) is 0 Å². The molecule has 16 heavy (non-hydrogen) atoms. The highest BCUT2D eigenvalue weighted by molar-refractivity contribution is 4.58. The summed E-state index contributed by atoms with van der Waals surface area (Å²) < 4.78 is 0. The van der Waals surface area contributed by atoms with E-state index in [-0.39, 0.29) is 19.8 Å². The lowest BCUT2D eigenvalue weighted by Crippen LogP contribution is -2.39. The van der Waals surface area contributed by atoms with Crippen molar-refractivity contribution in [1.82, 2.24) is 9.96 Å². The third kappa shape index (κ3) is 7.98. The fourth-order valence-corrected chi connectivity index (χ4v) is 1.41. The van der Waals surface area contributed by atoms with Crippen LogP contribution in [0.1, 0.15) is 6.92 Å².